The Morgan fingerprint density at radius 1 is 0.935 bits per heavy atom. The maximum absolute atomic E-state index is 12.8. The zero-order valence-electron chi connectivity index (χ0n) is 18.5. The minimum atomic E-state index is -3.51. The van der Waals surface area contributed by atoms with Gasteiger partial charge in [0.05, 0.1) is 4.90 Å². The van der Waals surface area contributed by atoms with Crippen molar-refractivity contribution in [3.63, 3.8) is 0 Å². The van der Waals surface area contributed by atoms with Gasteiger partial charge in [0.1, 0.15) is 0 Å². The average molecular weight is 445 g/mol. The van der Waals surface area contributed by atoms with E-state index in [1.807, 2.05) is 31.3 Å². The van der Waals surface area contributed by atoms with Gasteiger partial charge in [-0.1, -0.05) is 26.0 Å². The van der Waals surface area contributed by atoms with Crippen molar-refractivity contribution in [2.45, 2.75) is 25.3 Å². The largest absolute Gasteiger partial charge is 0.322 e. The Balaban J connectivity index is 1.62. The minimum absolute atomic E-state index is 0.218. The van der Waals surface area contributed by atoms with Crippen molar-refractivity contribution in [1.82, 2.24) is 14.1 Å². The molecule has 0 aromatic heterocycles. The number of nitrogens with one attached hydrogen (secondary N) is 1. The fourth-order valence-electron chi connectivity index (χ4n) is 3.56. The van der Waals surface area contributed by atoms with Crippen LogP contribution in [0.5, 0.6) is 0 Å². The molecule has 1 amide bonds. The highest BCUT2D eigenvalue weighted by Crippen LogP contribution is 2.20. The van der Waals surface area contributed by atoms with Crippen LogP contribution in [0.25, 0.3) is 0 Å². The van der Waals surface area contributed by atoms with Gasteiger partial charge in [-0.25, -0.2) is 8.42 Å². The standard InChI is InChI=1S/C23H32N4O3S/c1-4-26(5-2)18-19-6-8-20(9-7-19)23(28)24-21-10-12-22(13-11-21)31(29,30)27-16-14-25(3)15-17-27/h6-13H,4-5,14-18H2,1-3H3,(H,24,28). The Morgan fingerprint density at radius 2 is 1.52 bits per heavy atom. The van der Waals surface area contributed by atoms with E-state index in [0.29, 0.717) is 24.3 Å². The highest BCUT2D eigenvalue weighted by molar-refractivity contribution is 7.89. The van der Waals surface area contributed by atoms with Crippen molar-refractivity contribution in [2.24, 2.45) is 0 Å². The Labute approximate surface area is 185 Å². The van der Waals surface area contributed by atoms with Gasteiger partial charge in [0, 0.05) is 44.0 Å². The summed E-state index contributed by atoms with van der Waals surface area (Å²) in [7, 11) is -1.53. The van der Waals surface area contributed by atoms with Gasteiger partial charge in [-0.3, -0.25) is 9.69 Å². The molecule has 1 aliphatic rings. The lowest BCUT2D eigenvalue weighted by Gasteiger charge is -2.31. The molecule has 168 valence electrons. The van der Waals surface area contributed by atoms with Gasteiger partial charge in [0.25, 0.3) is 5.91 Å². The van der Waals surface area contributed by atoms with Crippen LogP contribution in [0.1, 0.15) is 29.8 Å². The molecule has 1 N–H and O–H groups in total. The van der Waals surface area contributed by atoms with E-state index in [4.69, 9.17) is 0 Å². The Bertz CT molecular complexity index is 963. The van der Waals surface area contributed by atoms with Gasteiger partial charge in [0.2, 0.25) is 10.0 Å². The SMILES string of the molecule is CCN(CC)Cc1ccc(C(=O)Nc2ccc(S(=O)(=O)N3CCN(C)CC3)cc2)cc1. The summed E-state index contributed by atoms with van der Waals surface area (Å²) < 4.78 is 27.1. The predicted molar refractivity (Wildman–Crippen MR) is 124 cm³/mol. The number of sulfonamides is 1. The summed E-state index contributed by atoms with van der Waals surface area (Å²) in [6.07, 6.45) is 0. The van der Waals surface area contributed by atoms with E-state index in [0.717, 1.165) is 32.7 Å². The molecule has 0 saturated carbocycles. The molecule has 7 nitrogen and oxygen atoms in total. The molecular weight excluding hydrogens is 412 g/mol. The van der Waals surface area contributed by atoms with Crippen molar-refractivity contribution in [3.05, 3.63) is 59.7 Å². The molecule has 0 bridgehead atoms. The van der Waals surface area contributed by atoms with Gasteiger partial charge in [-0.2, -0.15) is 4.31 Å². The highest BCUT2D eigenvalue weighted by Gasteiger charge is 2.27. The number of hydrogen-bond acceptors (Lipinski definition) is 5. The van der Waals surface area contributed by atoms with Gasteiger partial charge < -0.3 is 10.2 Å². The average Bonchev–Trinajstić information content (AvgIpc) is 2.78. The van der Waals surface area contributed by atoms with Crippen LogP contribution in [0.3, 0.4) is 0 Å². The number of anilines is 1. The Hall–Kier alpha value is -2.26. The van der Waals surface area contributed by atoms with Crippen molar-refractivity contribution in [3.8, 4) is 0 Å². The fourth-order valence-corrected chi connectivity index (χ4v) is 4.98. The van der Waals surface area contributed by atoms with Gasteiger partial charge in [-0.15, -0.1) is 0 Å². The molecule has 8 heteroatoms. The lowest BCUT2D eigenvalue weighted by molar-refractivity contribution is 0.102. The summed E-state index contributed by atoms with van der Waals surface area (Å²) in [6.45, 7) is 9.52. The third kappa shape index (κ3) is 5.92. The first-order valence-corrected chi connectivity index (χ1v) is 12.2. The number of piperazine rings is 1. The van der Waals surface area contributed by atoms with Crippen LogP contribution in [0.15, 0.2) is 53.4 Å². The number of hydrogen-bond donors (Lipinski definition) is 1. The lowest BCUT2D eigenvalue weighted by Crippen LogP contribution is -2.46. The highest BCUT2D eigenvalue weighted by atomic mass is 32.2. The van der Waals surface area contributed by atoms with E-state index in [9.17, 15) is 13.2 Å². The van der Waals surface area contributed by atoms with Crippen LogP contribution in [-0.2, 0) is 16.6 Å². The number of benzene rings is 2. The first-order chi connectivity index (χ1) is 14.8. The quantitative estimate of drug-likeness (QED) is 0.678. The number of rotatable bonds is 8. The summed E-state index contributed by atoms with van der Waals surface area (Å²) in [4.78, 5) is 17.2. The summed E-state index contributed by atoms with van der Waals surface area (Å²) in [5, 5.41) is 2.84. The molecule has 1 fully saturated rings. The summed E-state index contributed by atoms with van der Waals surface area (Å²) in [5.41, 5.74) is 2.30. The van der Waals surface area contributed by atoms with Crippen LogP contribution >= 0.6 is 0 Å². The molecule has 0 unspecified atom stereocenters. The van der Waals surface area contributed by atoms with E-state index in [1.54, 1.807) is 24.3 Å². The number of nitrogens with zero attached hydrogens (tertiary/aromatic N) is 3. The molecular formula is C23H32N4O3S. The maximum Gasteiger partial charge on any atom is 0.255 e. The molecule has 31 heavy (non-hydrogen) atoms. The molecule has 1 aliphatic heterocycles. The molecule has 1 saturated heterocycles. The van der Waals surface area contributed by atoms with Crippen LogP contribution < -0.4 is 5.32 Å². The van der Waals surface area contributed by atoms with Crippen molar-refractivity contribution in [2.75, 3.05) is 51.6 Å². The minimum Gasteiger partial charge on any atom is -0.322 e. The topological polar surface area (TPSA) is 73.0 Å². The summed E-state index contributed by atoms with van der Waals surface area (Å²) in [6, 6.07) is 14.0. The number of likely N-dealkylation sites (N-methyl/N-ethyl adjacent to an activating group) is 1. The number of amides is 1. The number of carbonyl (C=O) groups is 1. The number of carbonyl (C=O) groups excluding carboxylic acids is 1. The van der Waals surface area contributed by atoms with Gasteiger partial charge in [0.15, 0.2) is 0 Å². The Morgan fingerprint density at radius 3 is 2.06 bits per heavy atom. The van der Waals surface area contributed by atoms with Gasteiger partial charge >= 0.3 is 0 Å². The third-order valence-electron chi connectivity index (χ3n) is 5.73. The molecule has 0 radical (unpaired) electrons. The van der Waals surface area contributed by atoms with Crippen LogP contribution in [0, 0.1) is 0 Å². The van der Waals surface area contributed by atoms with Crippen molar-refractivity contribution >= 4 is 21.6 Å². The van der Waals surface area contributed by atoms with Crippen LogP contribution in [-0.4, -0.2) is 74.7 Å². The van der Waals surface area contributed by atoms with Crippen molar-refractivity contribution < 1.29 is 13.2 Å². The third-order valence-corrected chi connectivity index (χ3v) is 7.64. The molecule has 3 rings (SSSR count). The summed E-state index contributed by atoms with van der Waals surface area (Å²) in [5.74, 6) is -0.218. The maximum atomic E-state index is 12.8. The first-order valence-electron chi connectivity index (χ1n) is 10.7. The summed E-state index contributed by atoms with van der Waals surface area (Å²) >= 11 is 0. The first kappa shape index (κ1) is 23.4. The molecule has 0 spiro atoms. The monoisotopic (exact) mass is 444 g/mol. The lowest BCUT2D eigenvalue weighted by atomic mass is 10.1. The van der Waals surface area contributed by atoms with E-state index >= 15 is 0 Å². The molecule has 0 aliphatic carbocycles. The van der Waals surface area contributed by atoms with E-state index < -0.39 is 10.0 Å². The molecule has 2 aromatic rings. The van der Waals surface area contributed by atoms with E-state index in [1.165, 1.54) is 9.87 Å². The second-order valence-electron chi connectivity index (χ2n) is 7.84. The predicted octanol–water partition coefficient (Wildman–Crippen LogP) is 2.72. The molecule has 1 heterocycles. The molecule has 2 aromatic carbocycles. The second-order valence-corrected chi connectivity index (χ2v) is 9.78. The fraction of sp³-hybridized carbons (Fsp3) is 0.435. The van der Waals surface area contributed by atoms with E-state index in [-0.39, 0.29) is 10.8 Å². The normalized spacial score (nSPS) is 15.9. The zero-order chi connectivity index (χ0) is 22.4. The van der Waals surface area contributed by atoms with Crippen molar-refractivity contribution in [1.29, 1.82) is 0 Å². The second kappa shape index (κ2) is 10.4. The van der Waals surface area contributed by atoms with E-state index in [2.05, 4.69) is 29.0 Å². The smallest absolute Gasteiger partial charge is 0.255 e. The van der Waals surface area contributed by atoms with Gasteiger partial charge in [-0.05, 0) is 62.1 Å². The Kier molecular flexibility index (Phi) is 7.83. The van der Waals surface area contributed by atoms with Crippen LogP contribution in [0.2, 0.25) is 0 Å². The molecule has 0 atom stereocenters. The van der Waals surface area contributed by atoms with Crippen LogP contribution in [0.4, 0.5) is 5.69 Å². The zero-order valence-corrected chi connectivity index (χ0v) is 19.4.